The van der Waals surface area contributed by atoms with Crippen LogP contribution in [0.5, 0.6) is 5.75 Å². The lowest BCUT2D eigenvalue weighted by atomic mass is 10.0. The molecule has 0 aliphatic heterocycles. The van der Waals surface area contributed by atoms with Gasteiger partial charge in [0.2, 0.25) is 5.91 Å². The zero-order valence-corrected chi connectivity index (χ0v) is 16.7. The quantitative estimate of drug-likeness (QED) is 0.709. The Morgan fingerprint density at radius 3 is 2.32 bits per heavy atom. The summed E-state index contributed by atoms with van der Waals surface area (Å²) in [6.45, 7) is 6.58. The molecule has 148 valence electrons. The highest BCUT2D eigenvalue weighted by Gasteiger charge is 2.15. The van der Waals surface area contributed by atoms with Gasteiger partial charge in [0, 0.05) is 35.5 Å². The number of nitrogens with zero attached hydrogens (tertiary/aromatic N) is 1. The first-order valence-corrected chi connectivity index (χ1v) is 9.26. The molecule has 0 aliphatic carbocycles. The van der Waals surface area contributed by atoms with Crippen LogP contribution in [0.2, 0.25) is 0 Å². The first-order chi connectivity index (χ1) is 13.4. The number of carbonyl (C=O) groups excluding carboxylic acids is 3. The van der Waals surface area contributed by atoms with E-state index in [1.54, 1.807) is 47.4 Å². The Morgan fingerprint density at radius 1 is 1.00 bits per heavy atom. The molecule has 0 bridgehead atoms. The molecule has 0 saturated carbocycles. The number of ketones is 1. The van der Waals surface area contributed by atoms with Gasteiger partial charge in [0.05, 0.1) is 13.5 Å². The van der Waals surface area contributed by atoms with Crippen LogP contribution in [0.4, 0.5) is 5.69 Å². The van der Waals surface area contributed by atoms with E-state index in [-0.39, 0.29) is 24.0 Å². The standard InChI is InChI=1S/C22H26N2O4/c1-5-24(6-2)22(27)17-8-7-9-19(13-17)23-21(26)14-18-12-16(15(3)25)10-11-20(18)28-4/h7-13H,5-6,14H2,1-4H3,(H,23,26). The molecule has 28 heavy (non-hydrogen) atoms. The minimum Gasteiger partial charge on any atom is -0.496 e. The Morgan fingerprint density at radius 2 is 1.71 bits per heavy atom. The molecule has 0 heterocycles. The van der Waals surface area contributed by atoms with E-state index >= 15 is 0 Å². The van der Waals surface area contributed by atoms with Crippen molar-refractivity contribution in [3.63, 3.8) is 0 Å². The zero-order valence-electron chi connectivity index (χ0n) is 16.7. The summed E-state index contributed by atoms with van der Waals surface area (Å²) < 4.78 is 5.29. The number of amides is 2. The van der Waals surface area contributed by atoms with E-state index in [2.05, 4.69) is 5.32 Å². The second kappa shape index (κ2) is 9.69. The van der Waals surface area contributed by atoms with Crippen LogP contribution in [0.25, 0.3) is 0 Å². The molecule has 2 amide bonds. The third kappa shape index (κ3) is 5.19. The summed E-state index contributed by atoms with van der Waals surface area (Å²) in [5.74, 6) is 0.140. The molecule has 2 rings (SSSR count). The summed E-state index contributed by atoms with van der Waals surface area (Å²) in [6.07, 6.45) is 0.0541. The Hall–Kier alpha value is -3.15. The summed E-state index contributed by atoms with van der Waals surface area (Å²) in [5, 5.41) is 2.81. The largest absolute Gasteiger partial charge is 0.496 e. The van der Waals surface area contributed by atoms with Gasteiger partial charge in [-0.15, -0.1) is 0 Å². The monoisotopic (exact) mass is 382 g/mol. The molecule has 0 aliphatic rings. The van der Waals surface area contributed by atoms with E-state index in [1.165, 1.54) is 14.0 Å². The van der Waals surface area contributed by atoms with Crippen LogP contribution in [0.1, 0.15) is 47.1 Å². The van der Waals surface area contributed by atoms with Crippen molar-refractivity contribution in [3.8, 4) is 5.75 Å². The van der Waals surface area contributed by atoms with Gasteiger partial charge in [-0.05, 0) is 57.2 Å². The molecule has 1 N–H and O–H groups in total. The average Bonchev–Trinajstić information content (AvgIpc) is 2.68. The highest BCUT2D eigenvalue weighted by molar-refractivity contribution is 5.98. The molecule has 0 fully saturated rings. The lowest BCUT2D eigenvalue weighted by molar-refractivity contribution is -0.115. The number of ether oxygens (including phenoxy) is 1. The number of anilines is 1. The predicted molar refractivity (Wildman–Crippen MR) is 109 cm³/mol. The zero-order chi connectivity index (χ0) is 20.7. The number of Topliss-reactive ketones (excluding diaryl/α,β-unsaturated/α-hetero) is 1. The van der Waals surface area contributed by atoms with Gasteiger partial charge < -0.3 is 15.0 Å². The third-order valence-electron chi connectivity index (χ3n) is 4.48. The fraction of sp³-hybridized carbons (Fsp3) is 0.318. The molecule has 6 nitrogen and oxygen atoms in total. The van der Waals surface area contributed by atoms with Crippen molar-refractivity contribution in [2.75, 3.05) is 25.5 Å². The second-order valence-electron chi connectivity index (χ2n) is 6.37. The summed E-state index contributed by atoms with van der Waals surface area (Å²) in [7, 11) is 1.52. The molecule has 2 aromatic rings. The van der Waals surface area contributed by atoms with Gasteiger partial charge in [0.25, 0.3) is 5.91 Å². The smallest absolute Gasteiger partial charge is 0.253 e. The maximum Gasteiger partial charge on any atom is 0.253 e. The van der Waals surface area contributed by atoms with Gasteiger partial charge in [-0.2, -0.15) is 0 Å². The molecular weight excluding hydrogens is 356 g/mol. The first kappa shape index (κ1) is 21.2. The van der Waals surface area contributed by atoms with Gasteiger partial charge in [-0.25, -0.2) is 0 Å². The van der Waals surface area contributed by atoms with Gasteiger partial charge >= 0.3 is 0 Å². The Balaban J connectivity index is 2.16. The normalized spacial score (nSPS) is 10.3. The molecule has 2 aromatic carbocycles. The Labute approximate surface area is 165 Å². The number of methoxy groups -OCH3 is 1. The van der Waals surface area contributed by atoms with E-state index < -0.39 is 0 Å². The van der Waals surface area contributed by atoms with Crippen LogP contribution in [0.3, 0.4) is 0 Å². The van der Waals surface area contributed by atoms with Crippen LogP contribution < -0.4 is 10.1 Å². The lowest BCUT2D eigenvalue weighted by Crippen LogP contribution is -2.30. The van der Waals surface area contributed by atoms with Crippen molar-refractivity contribution in [2.45, 2.75) is 27.2 Å². The minimum atomic E-state index is -0.258. The van der Waals surface area contributed by atoms with Crippen LogP contribution >= 0.6 is 0 Å². The first-order valence-electron chi connectivity index (χ1n) is 9.26. The van der Waals surface area contributed by atoms with Crippen molar-refractivity contribution in [2.24, 2.45) is 0 Å². The van der Waals surface area contributed by atoms with Crippen LogP contribution in [-0.2, 0) is 11.2 Å². The SMILES string of the molecule is CCN(CC)C(=O)c1cccc(NC(=O)Cc2cc(C(C)=O)ccc2OC)c1. The number of benzene rings is 2. The summed E-state index contributed by atoms with van der Waals surface area (Å²) in [4.78, 5) is 38.3. The summed E-state index contributed by atoms with van der Waals surface area (Å²) in [5.41, 5.74) is 2.22. The second-order valence-corrected chi connectivity index (χ2v) is 6.37. The minimum absolute atomic E-state index is 0.0541. The molecule has 6 heteroatoms. The molecule has 0 atom stereocenters. The number of hydrogen-bond acceptors (Lipinski definition) is 4. The predicted octanol–water partition coefficient (Wildman–Crippen LogP) is 3.56. The van der Waals surface area contributed by atoms with E-state index in [0.717, 1.165) is 0 Å². The van der Waals surface area contributed by atoms with Gasteiger partial charge in [-0.3, -0.25) is 14.4 Å². The molecule has 0 aromatic heterocycles. The Kier molecular flexibility index (Phi) is 7.32. The van der Waals surface area contributed by atoms with Crippen molar-refractivity contribution in [1.82, 2.24) is 4.90 Å². The van der Waals surface area contributed by atoms with Crippen LogP contribution in [0, 0.1) is 0 Å². The summed E-state index contributed by atoms with van der Waals surface area (Å²) >= 11 is 0. The van der Waals surface area contributed by atoms with E-state index in [0.29, 0.717) is 41.2 Å². The third-order valence-corrected chi connectivity index (χ3v) is 4.48. The topological polar surface area (TPSA) is 75.7 Å². The van der Waals surface area contributed by atoms with Crippen molar-refractivity contribution in [1.29, 1.82) is 0 Å². The average molecular weight is 382 g/mol. The van der Waals surface area contributed by atoms with Crippen molar-refractivity contribution in [3.05, 3.63) is 59.2 Å². The lowest BCUT2D eigenvalue weighted by Gasteiger charge is -2.19. The Bertz CT molecular complexity index is 873. The fourth-order valence-corrected chi connectivity index (χ4v) is 2.94. The van der Waals surface area contributed by atoms with Gasteiger partial charge in [0.15, 0.2) is 5.78 Å². The maximum absolute atomic E-state index is 12.5. The number of carbonyl (C=O) groups is 3. The molecule has 0 unspecified atom stereocenters. The van der Waals surface area contributed by atoms with Gasteiger partial charge in [0.1, 0.15) is 5.75 Å². The molecular formula is C22H26N2O4. The van der Waals surface area contributed by atoms with Gasteiger partial charge in [-0.1, -0.05) is 6.07 Å². The summed E-state index contributed by atoms with van der Waals surface area (Å²) in [6, 6.07) is 11.9. The van der Waals surface area contributed by atoms with Crippen molar-refractivity contribution < 1.29 is 19.1 Å². The number of hydrogen-bond donors (Lipinski definition) is 1. The fourth-order valence-electron chi connectivity index (χ4n) is 2.94. The highest BCUT2D eigenvalue weighted by Crippen LogP contribution is 2.22. The van der Waals surface area contributed by atoms with Crippen LogP contribution in [0.15, 0.2) is 42.5 Å². The molecule has 0 saturated heterocycles. The maximum atomic E-state index is 12.5. The number of rotatable bonds is 8. The number of nitrogens with one attached hydrogen (secondary N) is 1. The molecule has 0 radical (unpaired) electrons. The molecule has 0 spiro atoms. The van der Waals surface area contributed by atoms with E-state index in [1.807, 2.05) is 13.8 Å². The van der Waals surface area contributed by atoms with Crippen molar-refractivity contribution >= 4 is 23.3 Å². The highest BCUT2D eigenvalue weighted by atomic mass is 16.5. The van der Waals surface area contributed by atoms with E-state index in [9.17, 15) is 14.4 Å². The van der Waals surface area contributed by atoms with E-state index in [4.69, 9.17) is 4.74 Å². The van der Waals surface area contributed by atoms with Crippen LogP contribution in [-0.4, -0.2) is 42.7 Å².